The molecule has 4 nitrogen and oxygen atoms in total. The van der Waals surface area contributed by atoms with Crippen molar-refractivity contribution >= 4 is 5.95 Å². The van der Waals surface area contributed by atoms with Crippen LogP contribution in [0.3, 0.4) is 0 Å². The van der Waals surface area contributed by atoms with Crippen molar-refractivity contribution in [1.29, 1.82) is 0 Å². The molecule has 1 aromatic heterocycles. The van der Waals surface area contributed by atoms with Gasteiger partial charge in [0, 0.05) is 6.20 Å². The number of nitrogens with zero attached hydrogens (tertiary/aromatic N) is 2. The molecule has 0 fully saturated rings. The summed E-state index contributed by atoms with van der Waals surface area (Å²) < 4.78 is 0. The zero-order chi connectivity index (χ0) is 8.55. The van der Waals surface area contributed by atoms with Gasteiger partial charge in [0.05, 0.1) is 5.69 Å². The van der Waals surface area contributed by atoms with Crippen molar-refractivity contribution in [2.45, 2.75) is 25.7 Å². The van der Waals surface area contributed by atoms with Crippen molar-refractivity contribution in [3.05, 3.63) is 17.5 Å². The van der Waals surface area contributed by atoms with E-state index in [2.05, 4.69) is 22.3 Å². The van der Waals surface area contributed by atoms with Gasteiger partial charge in [0.2, 0.25) is 5.95 Å². The number of nitrogens with one attached hydrogen (secondary N) is 1. The highest BCUT2D eigenvalue weighted by Crippen LogP contribution is 2.30. The summed E-state index contributed by atoms with van der Waals surface area (Å²) in [4.78, 5) is 8.36. The first-order chi connectivity index (χ1) is 5.81. The van der Waals surface area contributed by atoms with Gasteiger partial charge in [0.25, 0.3) is 0 Å². The monoisotopic (exact) mass is 164 g/mol. The maximum atomic E-state index is 5.21. The van der Waals surface area contributed by atoms with Crippen LogP contribution < -0.4 is 11.3 Å². The third kappa shape index (κ3) is 1.04. The normalized spacial score (nSPS) is 20.7. The van der Waals surface area contributed by atoms with Crippen LogP contribution in [0.1, 0.15) is 30.5 Å². The van der Waals surface area contributed by atoms with E-state index in [-0.39, 0.29) is 0 Å². The lowest BCUT2D eigenvalue weighted by Crippen LogP contribution is -2.11. The van der Waals surface area contributed by atoms with Gasteiger partial charge in [-0.25, -0.2) is 15.8 Å². The van der Waals surface area contributed by atoms with E-state index < -0.39 is 0 Å². The van der Waals surface area contributed by atoms with Crippen molar-refractivity contribution in [3.8, 4) is 0 Å². The Morgan fingerprint density at radius 2 is 2.50 bits per heavy atom. The molecule has 0 amide bonds. The number of anilines is 1. The molecule has 0 saturated heterocycles. The van der Waals surface area contributed by atoms with E-state index in [1.165, 1.54) is 12.0 Å². The minimum atomic E-state index is 0.516. The lowest BCUT2D eigenvalue weighted by atomic mass is 10.1. The lowest BCUT2D eigenvalue weighted by molar-refractivity contribution is 0.731. The summed E-state index contributed by atoms with van der Waals surface area (Å²) in [6, 6.07) is 0. The molecular weight excluding hydrogens is 152 g/mol. The number of nitrogens with two attached hydrogens (primary N) is 1. The van der Waals surface area contributed by atoms with Gasteiger partial charge in [-0.05, 0) is 24.3 Å². The summed E-state index contributed by atoms with van der Waals surface area (Å²) in [6.45, 7) is 2.18. The second kappa shape index (κ2) is 2.71. The predicted molar refractivity (Wildman–Crippen MR) is 46.6 cm³/mol. The number of aromatic nitrogens is 2. The Bertz CT molecular complexity index is 297. The van der Waals surface area contributed by atoms with E-state index in [1.54, 1.807) is 0 Å². The highest BCUT2D eigenvalue weighted by atomic mass is 15.3. The summed E-state index contributed by atoms with van der Waals surface area (Å²) in [6.07, 6.45) is 4.14. The summed E-state index contributed by atoms with van der Waals surface area (Å²) in [5.74, 6) is 6.28. The van der Waals surface area contributed by atoms with Crippen LogP contribution in [-0.4, -0.2) is 9.97 Å². The summed E-state index contributed by atoms with van der Waals surface area (Å²) in [7, 11) is 0. The minimum Gasteiger partial charge on any atom is -0.292 e. The van der Waals surface area contributed by atoms with Crippen LogP contribution in [0.4, 0.5) is 5.95 Å². The average molecular weight is 164 g/mol. The van der Waals surface area contributed by atoms with E-state index in [4.69, 9.17) is 5.84 Å². The number of nitrogen functional groups attached to an aromatic ring is 1. The third-order valence-electron chi connectivity index (χ3n) is 2.34. The van der Waals surface area contributed by atoms with E-state index in [9.17, 15) is 0 Å². The molecule has 0 aliphatic heterocycles. The highest BCUT2D eigenvalue weighted by molar-refractivity contribution is 5.33. The van der Waals surface area contributed by atoms with Crippen molar-refractivity contribution in [2.75, 3.05) is 5.43 Å². The molecule has 1 unspecified atom stereocenters. The van der Waals surface area contributed by atoms with Crippen LogP contribution >= 0.6 is 0 Å². The van der Waals surface area contributed by atoms with Crippen LogP contribution in [0.2, 0.25) is 0 Å². The molecule has 2 rings (SSSR count). The smallest absolute Gasteiger partial charge is 0.237 e. The molecule has 12 heavy (non-hydrogen) atoms. The van der Waals surface area contributed by atoms with Crippen LogP contribution in [0, 0.1) is 0 Å². The molecule has 64 valence electrons. The number of hydrogen-bond donors (Lipinski definition) is 2. The van der Waals surface area contributed by atoms with Gasteiger partial charge < -0.3 is 0 Å². The standard InChI is InChI=1S/C8H12N4/c1-5-2-3-6-4-10-8(12-9)11-7(5)6/h4-5H,2-3,9H2,1H3,(H,10,11,12). The summed E-state index contributed by atoms with van der Waals surface area (Å²) in [5, 5.41) is 0. The van der Waals surface area contributed by atoms with Gasteiger partial charge in [0.15, 0.2) is 0 Å². The Hall–Kier alpha value is -1.16. The Labute approximate surface area is 71.2 Å². The fraction of sp³-hybridized carbons (Fsp3) is 0.500. The first-order valence-corrected chi connectivity index (χ1v) is 4.13. The van der Waals surface area contributed by atoms with E-state index in [1.807, 2.05) is 6.20 Å². The Morgan fingerprint density at radius 1 is 1.67 bits per heavy atom. The molecule has 1 atom stereocenters. The summed E-state index contributed by atoms with van der Waals surface area (Å²) >= 11 is 0. The fourth-order valence-corrected chi connectivity index (χ4v) is 1.62. The largest absolute Gasteiger partial charge is 0.292 e. The molecule has 1 aliphatic rings. The van der Waals surface area contributed by atoms with E-state index in [0.717, 1.165) is 12.1 Å². The first-order valence-electron chi connectivity index (χ1n) is 4.13. The van der Waals surface area contributed by atoms with Gasteiger partial charge in [-0.1, -0.05) is 6.92 Å². The topological polar surface area (TPSA) is 63.8 Å². The maximum Gasteiger partial charge on any atom is 0.237 e. The number of aryl methyl sites for hydroxylation is 1. The number of hydrogen-bond acceptors (Lipinski definition) is 4. The van der Waals surface area contributed by atoms with Crippen molar-refractivity contribution in [1.82, 2.24) is 9.97 Å². The summed E-state index contributed by atoms with van der Waals surface area (Å²) in [5.41, 5.74) is 4.87. The Kier molecular flexibility index (Phi) is 1.69. The van der Waals surface area contributed by atoms with Gasteiger partial charge in [-0.15, -0.1) is 0 Å². The van der Waals surface area contributed by atoms with Crippen LogP contribution in [0.25, 0.3) is 0 Å². The second-order valence-electron chi connectivity index (χ2n) is 3.19. The second-order valence-corrected chi connectivity index (χ2v) is 3.19. The average Bonchev–Trinajstić information content (AvgIpc) is 2.47. The van der Waals surface area contributed by atoms with Crippen LogP contribution in [0.15, 0.2) is 6.20 Å². The Morgan fingerprint density at radius 3 is 3.25 bits per heavy atom. The molecule has 1 aliphatic carbocycles. The fourth-order valence-electron chi connectivity index (χ4n) is 1.62. The number of fused-ring (bicyclic) bond motifs is 1. The molecule has 1 aromatic rings. The highest BCUT2D eigenvalue weighted by Gasteiger charge is 2.20. The lowest BCUT2D eigenvalue weighted by Gasteiger charge is -2.04. The molecular formula is C8H12N4. The van der Waals surface area contributed by atoms with Gasteiger partial charge in [-0.2, -0.15) is 0 Å². The van der Waals surface area contributed by atoms with E-state index in [0.29, 0.717) is 11.9 Å². The van der Waals surface area contributed by atoms with Gasteiger partial charge in [0.1, 0.15) is 0 Å². The van der Waals surface area contributed by atoms with Crippen LogP contribution in [0.5, 0.6) is 0 Å². The van der Waals surface area contributed by atoms with Gasteiger partial charge >= 0.3 is 0 Å². The molecule has 1 heterocycles. The quantitative estimate of drug-likeness (QED) is 0.476. The third-order valence-corrected chi connectivity index (χ3v) is 2.34. The van der Waals surface area contributed by atoms with Crippen LogP contribution in [-0.2, 0) is 6.42 Å². The maximum absolute atomic E-state index is 5.21. The zero-order valence-corrected chi connectivity index (χ0v) is 7.04. The number of rotatable bonds is 1. The van der Waals surface area contributed by atoms with Crippen molar-refractivity contribution in [3.63, 3.8) is 0 Å². The SMILES string of the molecule is CC1CCc2cnc(NN)nc21. The van der Waals surface area contributed by atoms with Crippen molar-refractivity contribution in [2.24, 2.45) is 5.84 Å². The Balaban J connectivity index is 2.43. The molecule has 0 spiro atoms. The van der Waals surface area contributed by atoms with Gasteiger partial charge in [-0.3, -0.25) is 5.43 Å². The first kappa shape index (κ1) is 7.49. The molecule has 0 aromatic carbocycles. The van der Waals surface area contributed by atoms with E-state index >= 15 is 0 Å². The zero-order valence-electron chi connectivity index (χ0n) is 7.04. The number of hydrazine groups is 1. The predicted octanol–water partition coefficient (Wildman–Crippen LogP) is 0.812. The molecule has 0 saturated carbocycles. The molecule has 4 heteroatoms. The molecule has 0 bridgehead atoms. The molecule has 3 N–H and O–H groups in total. The minimum absolute atomic E-state index is 0.516. The molecule has 0 radical (unpaired) electrons. The van der Waals surface area contributed by atoms with Crippen molar-refractivity contribution < 1.29 is 0 Å².